The summed E-state index contributed by atoms with van der Waals surface area (Å²) in [6, 6.07) is 19.6. The Morgan fingerprint density at radius 2 is 1.60 bits per heavy atom. The number of rotatable bonds is 9. The number of anilines is 3. The lowest BCUT2D eigenvalue weighted by Gasteiger charge is -2.32. The number of oxazole rings is 1. The van der Waals surface area contributed by atoms with Crippen molar-refractivity contribution in [1.29, 1.82) is 0 Å². The highest BCUT2D eigenvalue weighted by Gasteiger charge is 2.42. The molecule has 2 fully saturated rings. The van der Waals surface area contributed by atoms with Crippen LogP contribution in [0.5, 0.6) is 5.75 Å². The maximum Gasteiger partial charge on any atom is 0.437 e. The molecule has 13 heteroatoms. The summed E-state index contributed by atoms with van der Waals surface area (Å²) in [7, 11) is 0. The van der Waals surface area contributed by atoms with E-state index in [2.05, 4.69) is 20.2 Å². The normalized spacial score (nSPS) is 16.2. The molecule has 0 spiro atoms. The van der Waals surface area contributed by atoms with Gasteiger partial charge < -0.3 is 29.4 Å². The molecule has 2 saturated heterocycles. The van der Waals surface area contributed by atoms with Crippen LogP contribution < -0.4 is 19.9 Å². The number of nitrogens with zero attached hydrogens (tertiary/aromatic N) is 4. The van der Waals surface area contributed by atoms with Crippen molar-refractivity contribution in [3.8, 4) is 5.75 Å². The number of para-hydroxylation sites is 1. The molecule has 4 heterocycles. The van der Waals surface area contributed by atoms with Crippen LogP contribution >= 0.6 is 0 Å². The smallest absolute Gasteiger partial charge is 0.437 e. The fourth-order valence-electron chi connectivity index (χ4n) is 6.06. The second-order valence-corrected chi connectivity index (χ2v) is 11.7. The Hall–Kier alpha value is -5.07. The average molecular weight is 650 g/mol. The first-order valence-corrected chi connectivity index (χ1v) is 15.5. The van der Waals surface area contributed by atoms with E-state index in [1.807, 2.05) is 30.3 Å². The molecule has 2 aromatic heterocycles. The first kappa shape index (κ1) is 31.9. The molecule has 47 heavy (non-hydrogen) atoms. The van der Waals surface area contributed by atoms with Gasteiger partial charge in [0.05, 0.1) is 18.5 Å². The molecule has 2 N–H and O–H groups in total. The number of carboxylic acid groups (broad SMARTS) is 1. The molecule has 10 nitrogen and oxygen atoms in total. The lowest BCUT2D eigenvalue weighted by atomic mass is 9.90. The number of hydrogen-bond donors (Lipinski definition) is 2. The van der Waals surface area contributed by atoms with E-state index < -0.39 is 29.5 Å². The van der Waals surface area contributed by atoms with E-state index >= 15 is 0 Å². The van der Waals surface area contributed by atoms with Crippen LogP contribution in [0.1, 0.15) is 63.8 Å². The number of benzene rings is 2. The van der Waals surface area contributed by atoms with E-state index in [4.69, 9.17) is 9.15 Å². The molecule has 0 bridgehead atoms. The zero-order chi connectivity index (χ0) is 33.0. The lowest BCUT2D eigenvalue weighted by Crippen LogP contribution is -2.36. The molecule has 2 aliphatic rings. The Labute approximate surface area is 269 Å². The first-order valence-electron chi connectivity index (χ1n) is 15.5. The number of pyridine rings is 1. The minimum Gasteiger partial charge on any atom is -0.492 e. The van der Waals surface area contributed by atoms with Gasteiger partial charge in [-0.15, -0.1) is 0 Å². The standard InChI is InChI=1S/C34H34F3N5O5/c35-34(36,37)30-29(47-33(40-30)42-18-14-24(15-19-42)23-6-2-1-3-7-23)31(43)39-25-10-11-28(38-20-25)41-16-12-22(13-17-41)21-46-27-9-5-4-8-26(27)32(44)45/h1-11,20,22,24H,12-19,21H2,(H,39,43)(H,44,45). The predicted molar refractivity (Wildman–Crippen MR) is 168 cm³/mol. The quantitative estimate of drug-likeness (QED) is 0.204. The Kier molecular flexibility index (Phi) is 9.32. The van der Waals surface area contributed by atoms with E-state index in [1.165, 1.54) is 17.8 Å². The highest BCUT2D eigenvalue weighted by Crippen LogP contribution is 2.36. The van der Waals surface area contributed by atoms with Gasteiger partial charge in [0.2, 0.25) is 5.76 Å². The SMILES string of the molecule is O=C(O)c1ccccc1OCC1CCN(c2ccc(NC(=O)c3oc(N4CCC(c5ccccc5)CC4)nc3C(F)(F)F)cn2)CC1. The summed E-state index contributed by atoms with van der Waals surface area (Å²) < 4.78 is 53.0. The highest BCUT2D eigenvalue weighted by atomic mass is 19.4. The highest BCUT2D eigenvalue weighted by molar-refractivity contribution is 6.03. The van der Waals surface area contributed by atoms with Crippen molar-refractivity contribution in [3.63, 3.8) is 0 Å². The number of carbonyl (C=O) groups is 2. The first-order chi connectivity index (χ1) is 22.7. The third kappa shape index (κ3) is 7.50. The Morgan fingerprint density at radius 1 is 0.915 bits per heavy atom. The summed E-state index contributed by atoms with van der Waals surface area (Å²) in [5.74, 6) is -1.47. The lowest BCUT2D eigenvalue weighted by molar-refractivity contribution is -0.141. The van der Waals surface area contributed by atoms with Crippen molar-refractivity contribution in [3.05, 3.63) is 95.5 Å². The molecule has 0 unspecified atom stereocenters. The van der Waals surface area contributed by atoms with E-state index in [1.54, 1.807) is 35.2 Å². The van der Waals surface area contributed by atoms with Crippen LogP contribution in [0.3, 0.4) is 0 Å². The number of halogens is 3. The maximum atomic E-state index is 13.9. The topological polar surface area (TPSA) is 121 Å². The van der Waals surface area contributed by atoms with Crippen molar-refractivity contribution >= 4 is 29.4 Å². The molecule has 2 aliphatic heterocycles. The molecule has 0 atom stereocenters. The molecular formula is C34H34F3N5O5. The summed E-state index contributed by atoms with van der Waals surface area (Å²) in [5.41, 5.74) is 0.164. The van der Waals surface area contributed by atoms with Gasteiger partial charge in [0.25, 0.3) is 11.9 Å². The second-order valence-electron chi connectivity index (χ2n) is 11.7. The van der Waals surface area contributed by atoms with Crippen LogP contribution in [-0.4, -0.2) is 59.7 Å². The number of alkyl halides is 3. The summed E-state index contributed by atoms with van der Waals surface area (Å²) >= 11 is 0. The molecule has 4 aromatic rings. The van der Waals surface area contributed by atoms with Gasteiger partial charge in [-0.1, -0.05) is 42.5 Å². The summed E-state index contributed by atoms with van der Waals surface area (Å²) in [6.07, 6.45) is -0.444. The van der Waals surface area contributed by atoms with Crippen LogP contribution in [0.4, 0.5) is 30.7 Å². The molecule has 1 amide bonds. The zero-order valence-corrected chi connectivity index (χ0v) is 25.4. The predicted octanol–water partition coefficient (Wildman–Crippen LogP) is 6.72. The van der Waals surface area contributed by atoms with Crippen molar-refractivity contribution in [2.45, 2.75) is 37.8 Å². The fourth-order valence-corrected chi connectivity index (χ4v) is 6.06. The number of nitrogens with one attached hydrogen (secondary N) is 1. The number of amides is 1. The molecular weight excluding hydrogens is 615 g/mol. The monoisotopic (exact) mass is 649 g/mol. The Bertz CT molecular complexity index is 1680. The van der Waals surface area contributed by atoms with Crippen LogP contribution in [0.25, 0.3) is 0 Å². The molecule has 246 valence electrons. The summed E-state index contributed by atoms with van der Waals surface area (Å²) in [4.78, 5) is 36.3. The van der Waals surface area contributed by atoms with Gasteiger partial charge in [0, 0.05) is 26.2 Å². The van der Waals surface area contributed by atoms with E-state index in [0.717, 1.165) is 25.7 Å². The van der Waals surface area contributed by atoms with Crippen LogP contribution in [0.15, 0.2) is 77.3 Å². The van der Waals surface area contributed by atoms with Crippen LogP contribution in [0.2, 0.25) is 0 Å². The van der Waals surface area contributed by atoms with Gasteiger partial charge in [0.1, 0.15) is 17.1 Å². The minimum absolute atomic E-state index is 0.124. The van der Waals surface area contributed by atoms with Gasteiger partial charge in [-0.05, 0) is 67.3 Å². The van der Waals surface area contributed by atoms with Gasteiger partial charge in [0.15, 0.2) is 5.69 Å². The number of carbonyl (C=O) groups excluding carboxylic acids is 1. The molecule has 0 radical (unpaired) electrons. The zero-order valence-electron chi connectivity index (χ0n) is 25.4. The Balaban J connectivity index is 1.04. The fraction of sp³-hybridized carbons (Fsp3) is 0.353. The van der Waals surface area contributed by atoms with Crippen molar-refractivity contribution in [1.82, 2.24) is 9.97 Å². The third-order valence-corrected chi connectivity index (χ3v) is 8.66. The number of carboxylic acids is 1. The number of ether oxygens (including phenoxy) is 1. The minimum atomic E-state index is -4.88. The number of aromatic carboxylic acids is 1. The molecule has 0 aliphatic carbocycles. The number of aromatic nitrogens is 2. The van der Waals surface area contributed by atoms with Crippen LogP contribution in [-0.2, 0) is 6.18 Å². The van der Waals surface area contributed by atoms with Gasteiger partial charge in [-0.25, -0.2) is 9.78 Å². The second kappa shape index (κ2) is 13.7. The van der Waals surface area contributed by atoms with Gasteiger partial charge in [-0.3, -0.25) is 4.79 Å². The van der Waals surface area contributed by atoms with Gasteiger partial charge >= 0.3 is 12.1 Å². The molecule has 6 rings (SSSR count). The van der Waals surface area contributed by atoms with Gasteiger partial charge in [-0.2, -0.15) is 18.2 Å². The van der Waals surface area contributed by atoms with E-state index in [9.17, 15) is 27.9 Å². The van der Waals surface area contributed by atoms with E-state index in [-0.39, 0.29) is 29.1 Å². The largest absolute Gasteiger partial charge is 0.492 e. The molecule has 2 aromatic carbocycles. The van der Waals surface area contributed by atoms with E-state index in [0.29, 0.717) is 44.4 Å². The summed E-state index contributed by atoms with van der Waals surface area (Å²) in [5, 5.41) is 11.8. The third-order valence-electron chi connectivity index (χ3n) is 8.66. The Morgan fingerprint density at radius 3 is 2.26 bits per heavy atom. The van der Waals surface area contributed by atoms with Crippen molar-refractivity contribution < 1.29 is 37.0 Å². The van der Waals surface area contributed by atoms with Crippen molar-refractivity contribution in [2.75, 3.05) is 47.9 Å². The number of piperidine rings is 2. The van der Waals surface area contributed by atoms with Crippen LogP contribution in [0, 0.1) is 5.92 Å². The maximum absolute atomic E-state index is 13.9. The summed E-state index contributed by atoms with van der Waals surface area (Å²) in [6.45, 7) is 2.67. The number of hydrogen-bond acceptors (Lipinski definition) is 8. The average Bonchev–Trinajstić information content (AvgIpc) is 3.56. The molecule has 0 saturated carbocycles. The van der Waals surface area contributed by atoms with Crippen molar-refractivity contribution in [2.24, 2.45) is 5.92 Å².